The lowest BCUT2D eigenvalue weighted by atomic mass is 10.2. The Labute approximate surface area is 76.6 Å². The van der Waals surface area contributed by atoms with E-state index >= 15 is 0 Å². The number of carbonyl (C=O) groups is 1. The molecule has 1 unspecified atom stereocenters. The number of carboxylic acids is 1. The van der Waals surface area contributed by atoms with Gasteiger partial charge in [-0.1, -0.05) is 6.92 Å². The van der Waals surface area contributed by atoms with Crippen molar-refractivity contribution >= 4 is 5.97 Å². The Hall–Kier alpha value is -1.29. The molecule has 0 amide bonds. The van der Waals surface area contributed by atoms with E-state index in [9.17, 15) is 4.79 Å². The molecule has 2 N–H and O–H groups in total. The average Bonchev–Trinajstić information content (AvgIpc) is 2.58. The minimum Gasteiger partial charge on any atom is -0.480 e. The number of aliphatic carboxylic acids is 1. The zero-order valence-electron chi connectivity index (χ0n) is 7.49. The van der Waals surface area contributed by atoms with Crippen LogP contribution >= 0.6 is 0 Å². The van der Waals surface area contributed by atoms with E-state index in [1.54, 1.807) is 12.3 Å². The van der Waals surface area contributed by atoms with E-state index in [1.165, 1.54) is 0 Å². The normalized spacial score (nSPS) is 12.7. The van der Waals surface area contributed by atoms with Crippen LogP contribution in [0.1, 0.15) is 25.1 Å². The lowest BCUT2D eigenvalue weighted by Crippen LogP contribution is -2.26. The highest BCUT2D eigenvalue weighted by Crippen LogP contribution is 2.15. The minimum absolute atomic E-state index is 0.00824. The lowest BCUT2D eigenvalue weighted by Gasteiger charge is -2.12. The summed E-state index contributed by atoms with van der Waals surface area (Å²) in [5.41, 5.74) is 0. The smallest absolute Gasteiger partial charge is 0.317 e. The molecular weight excluding hydrogens is 170 g/mol. The van der Waals surface area contributed by atoms with Crippen molar-refractivity contribution in [3.63, 3.8) is 0 Å². The molecule has 1 aromatic rings. The van der Waals surface area contributed by atoms with E-state index in [0.717, 1.165) is 12.2 Å². The van der Waals surface area contributed by atoms with Crippen LogP contribution in [0.2, 0.25) is 0 Å². The van der Waals surface area contributed by atoms with Crippen molar-refractivity contribution in [2.24, 2.45) is 0 Å². The second-order valence-corrected chi connectivity index (χ2v) is 2.75. The van der Waals surface area contributed by atoms with Crippen LogP contribution in [0.5, 0.6) is 0 Å². The minimum atomic E-state index is -0.856. The number of hydrogen-bond acceptors (Lipinski definition) is 3. The van der Waals surface area contributed by atoms with Crippen LogP contribution in [0.25, 0.3) is 0 Å². The summed E-state index contributed by atoms with van der Waals surface area (Å²) in [7, 11) is 0. The van der Waals surface area contributed by atoms with Gasteiger partial charge >= 0.3 is 5.97 Å². The second kappa shape index (κ2) is 4.67. The number of furan rings is 1. The summed E-state index contributed by atoms with van der Waals surface area (Å²) in [4.78, 5) is 10.3. The third kappa shape index (κ3) is 2.91. The van der Waals surface area contributed by atoms with Crippen molar-refractivity contribution < 1.29 is 14.3 Å². The van der Waals surface area contributed by atoms with Gasteiger partial charge in [0.1, 0.15) is 5.76 Å². The SMILES string of the molecule is CCC(NCC(=O)O)c1ccco1. The summed E-state index contributed by atoms with van der Waals surface area (Å²) in [5, 5.41) is 11.3. The van der Waals surface area contributed by atoms with Crippen LogP contribution in [0.15, 0.2) is 22.8 Å². The van der Waals surface area contributed by atoms with E-state index < -0.39 is 5.97 Å². The molecule has 0 aliphatic rings. The van der Waals surface area contributed by atoms with Gasteiger partial charge in [-0.3, -0.25) is 10.1 Å². The zero-order valence-corrected chi connectivity index (χ0v) is 7.49. The summed E-state index contributed by atoms with van der Waals surface area (Å²) in [6.45, 7) is 1.93. The molecule has 1 rings (SSSR count). The molecule has 0 bridgehead atoms. The predicted octanol–water partition coefficient (Wildman–Crippen LogP) is 1.40. The largest absolute Gasteiger partial charge is 0.480 e. The zero-order chi connectivity index (χ0) is 9.68. The molecule has 0 saturated heterocycles. The molecule has 1 atom stereocenters. The predicted molar refractivity (Wildman–Crippen MR) is 47.4 cm³/mol. The molecule has 13 heavy (non-hydrogen) atoms. The van der Waals surface area contributed by atoms with E-state index in [-0.39, 0.29) is 12.6 Å². The van der Waals surface area contributed by atoms with Crippen molar-refractivity contribution in [1.82, 2.24) is 5.32 Å². The Morgan fingerprint density at radius 1 is 1.77 bits per heavy atom. The van der Waals surface area contributed by atoms with Gasteiger partial charge in [0.2, 0.25) is 0 Å². The fraction of sp³-hybridized carbons (Fsp3) is 0.444. The highest BCUT2D eigenvalue weighted by atomic mass is 16.4. The van der Waals surface area contributed by atoms with Crippen LogP contribution in [-0.2, 0) is 4.79 Å². The topological polar surface area (TPSA) is 62.5 Å². The molecule has 0 aromatic carbocycles. The average molecular weight is 183 g/mol. The molecular formula is C9H13NO3. The van der Waals surface area contributed by atoms with Crippen LogP contribution < -0.4 is 5.32 Å². The fourth-order valence-corrected chi connectivity index (χ4v) is 1.15. The lowest BCUT2D eigenvalue weighted by molar-refractivity contribution is -0.136. The van der Waals surface area contributed by atoms with Crippen LogP contribution in [0.3, 0.4) is 0 Å². The molecule has 0 saturated carbocycles. The first-order chi connectivity index (χ1) is 6.24. The maximum absolute atomic E-state index is 10.3. The van der Waals surface area contributed by atoms with Crippen molar-refractivity contribution in [2.75, 3.05) is 6.54 Å². The van der Waals surface area contributed by atoms with Crippen LogP contribution in [0, 0.1) is 0 Å². The van der Waals surface area contributed by atoms with Crippen LogP contribution in [0.4, 0.5) is 0 Å². The maximum Gasteiger partial charge on any atom is 0.317 e. The Morgan fingerprint density at radius 2 is 2.54 bits per heavy atom. The molecule has 4 heteroatoms. The van der Waals surface area contributed by atoms with E-state index in [1.807, 2.05) is 13.0 Å². The Balaban J connectivity index is 2.49. The molecule has 1 heterocycles. The van der Waals surface area contributed by atoms with Gasteiger partial charge in [0.25, 0.3) is 0 Å². The van der Waals surface area contributed by atoms with Crippen molar-refractivity contribution in [1.29, 1.82) is 0 Å². The summed E-state index contributed by atoms with van der Waals surface area (Å²) in [6, 6.07) is 3.62. The Morgan fingerprint density at radius 3 is 3.00 bits per heavy atom. The highest BCUT2D eigenvalue weighted by Gasteiger charge is 2.11. The summed E-state index contributed by atoms with van der Waals surface area (Å²) in [6.07, 6.45) is 2.39. The Kier molecular flexibility index (Phi) is 3.52. The van der Waals surface area contributed by atoms with Gasteiger partial charge in [0.15, 0.2) is 0 Å². The quantitative estimate of drug-likeness (QED) is 0.724. The summed E-state index contributed by atoms with van der Waals surface area (Å²) < 4.78 is 5.16. The van der Waals surface area contributed by atoms with Gasteiger partial charge in [0.05, 0.1) is 18.8 Å². The molecule has 0 radical (unpaired) electrons. The summed E-state index contributed by atoms with van der Waals surface area (Å²) >= 11 is 0. The summed E-state index contributed by atoms with van der Waals surface area (Å²) in [5.74, 6) is -0.0752. The van der Waals surface area contributed by atoms with E-state index in [4.69, 9.17) is 9.52 Å². The number of hydrogen-bond donors (Lipinski definition) is 2. The van der Waals surface area contributed by atoms with Gasteiger partial charge in [0, 0.05) is 0 Å². The number of rotatable bonds is 5. The molecule has 1 aromatic heterocycles. The van der Waals surface area contributed by atoms with Crippen molar-refractivity contribution in [3.8, 4) is 0 Å². The first-order valence-electron chi connectivity index (χ1n) is 4.22. The molecule has 0 aliphatic heterocycles. The van der Waals surface area contributed by atoms with E-state index in [2.05, 4.69) is 5.32 Å². The second-order valence-electron chi connectivity index (χ2n) is 2.75. The van der Waals surface area contributed by atoms with Gasteiger partial charge in [-0.15, -0.1) is 0 Å². The van der Waals surface area contributed by atoms with Gasteiger partial charge in [-0.2, -0.15) is 0 Å². The van der Waals surface area contributed by atoms with Gasteiger partial charge in [-0.05, 0) is 18.6 Å². The molecule has 0 spiro atoms. The van der Waals surface area contributed by atoms with Crippen molar-refractivity contribution in [3.05, 3.63) is 24.2 Å². The molecule has 72 valence electrons. The first kappa shape index (κ1) is 9.80. The van der Waals surface area contributed by atoms with Crippen LogP contribution in [-0.4, -0.2) is 17.6 Å². The fourth-order valence-electron chi connectivity index (χ4n) is 1.15. The standard InChI is InChI=1S/C9H13NO3/c1-2-7(10-6-9(11)12)8-4-3-5-13-8/h3-5,7,10H,2,6H2,1H3,(H,11,12). The molecule has 4 nitrogen and oxygen atoms in total. The van der Waals surface area contributed by atoms with Gasteiger partial charge in [-0.25, -0.2) is 0 Å². The monoisotopic (exact) mass is 183 g/mol. The third-order valence-electron chi connectivity index (χ3n) is 1.79. The van der Waals surface area contributed by atoms with Crippen molar-refractivity contribution in [2.45, 2.75) is 19.4 Å². The maximum atomic E-state index is 10.3. The number of carboxylic acid groups (broad SMARTS) is 1. The Bertz CT molecular complexity index is 256. The third-order valence-corrected chi connectivity index (χ3v) is 1.79. The first-order valence-corrected chi connectivity index (χ1v) is 4.22. The van der Waals surface area contributed by atoms with E-state index in [0.29, 0.717) is 0 Å². The highest BCUT2D eigenvalue weighted by molar-refractivity contribution is 5.69. The number of nitrogens with one attached hydrogen (secondary N) is 1. The van der Waals surface area contributed by atoms with Gasteiger partial charge < -0.3 is 9.52 Å². The molecule has 0 aliphatic carbocycles. The molecule has 0 fully saturated rings.